The van der Waals surface area contributed by atoms with Crippen LogP contribution in [0, 0.1) is 0 Å². The van der Waals surface area contributed by atoms with Gasteiger partial charge in [0.15, 0.2) is 5.13 Å². The summed E-state index contributed by atoms with van der Waals surface area (Å²) in [5, 5.41) is 5.36. The van der Waals surface area contributed by atoms with Gasteiger partial charge < -0.3 is 10.1 Å². The standard InChI is InChI=1S/C14H15BrN2O2S/c1-3-4-13(18)17-14-16-11(8-20-14)9-5-6-12(19-2)10(15)7-9/h5-8H,3-4H2,1-2H3,(H,16,17,18). The van der Waals surface area contributed by atoms with Crippen LogP contribution in [-0.4, -0.2) is 18.0 Å². The summed E-state index contributed by atoms with van der Waals surface area (Å²) in [6.07, 6.45) is 1.35. The molecule has 1 heterocycles. The Balaban J connectivity index is 2.16. The molecule has 0 aliphatic carbocycles. The van der Waals surface area contributed by atoms with Crippen LogP contribution in [-0.2, 0) is 4.79 Å². The lowest BCUT2D eigenvalue weighted by molar-refractivity contribution is -0.116. The lowest BCUT2D eigenvalue weighted by Gasteiger charge is -2.04. The molecular formula is C14H15BrN2O2S. The van der Waals surface area contributed by atoms with Gasteiger partial charge >= 0.3 is 0 Å². The molecular weight excluding hydrogens is 340 g/mol. The van der Waals surface area contributed by atoms with E-state index in [1.54, 1.807) is 7.11 Å². The summed E-state index contributed by atoms with van der Waals surface area (Å²) in [7, 11) is 1.63. The van der Waals surface area contributed by atoms with E-state index in [0.29, 0.717) is 11.6 Å². The van der Waals surface area contributed by atoms with E-state index in [9.17, 15) is 4.79 Å². The Bertz CT molecular complexity index is 613. The van der Waals surface area contributed by atoms with E-state index in [4.69, 9.17) is 4.74 Å². The largest absolute Gasteiger partial charge is 0.496 e. The van der Waals surface area contributed by atoms with Crippen molar-refractivity contribution < 1.29 is 9.53 Å². The van der Waals surface area contributed by atoms with E-state index in [0.717, 1.165) is 27.9 Å². The lowest BCUT2D eigenvalue weighted by atomic mass is 10.2. The number of nitrogens with one attached hydrogen (secondary N) is 1. The van der Waals surface area contributed by atoms with E-state index in [2.05, 4.69) is 26.2 Å². The van der Waals surface area contributed by atoms with Crippen molar-refractivity contribution in [2.75, 3.05) is 12.4 Å². The molecule has 20 heavy (non-hydrogen) atoms. The summed E-state index contributed by atoms with van der Waals surface area (Å²) < 4.78 is 6.08. The Morgan fingerprint density at radius 3 is 2.95 bits per heavy atom. The molecule has 0 aliphatic heterocycles. The topological polar surface area (TPSA) is 51.2 Å². The highest BCUT2D eigenvalue weighted by atomic mass is 79.9. The van der Waals surface area contributed by atoms with E-state index in [-0.39, 0.29) is 5.91 Å². The molecule has 0 unspecified atom stereocenters. The van der Waals surface area contributed by atoms with Gasteiger partial charge in [-0.05, 0) is 40.5 Å². The molecule has 106 valence electrons. The summed E-state index contributed by atoms with van der Waals surface area (Å²) >= 11 is 4.88. The zero-order valence-electron chi connectivity index (χ0n) is 11.3. The minimum atomic E-state index is 0.00399. The first kappa shape index (κ1) is 15.0. The number of methoxy groups -OCH3 is 1. The van der Waals surface area contributed by atoms with Crippen molar-refractivity contribution in [1.29, 1.82) is 0 Å². The molecule has 1 aromatic carbocycles. The average molecular weight is 355 g/mol. The highest BCUT2D eigenvalue weighted by Crippen LogP contribution is 2.31. The number of thiazole rings is 1. The third kappa shape index (κ3) is 3.58. The molecule has 6 heteroatoms. The zero-order chi connectivity index (χ0) is 14.5. The molecule has 1 N–H and O–H groups in total. The van der Waals surface area contributed by atoms with Crippen molar-refractivity contribution >= 4 is 38.3 Å². The molecule has 0 spiro atoms. The van der Waals surface area contributed by atoms with Crippen LogP contribution in [0.5, 0.6) is 5.75 Å². The predicted octanol–water partition coefficient (Wildman–Crippen LogP) is 4.32. The number of aromatic nitrogens is 1. The maximum Gasteiger partial charge on any atom is 0.226 e. The fourth-order valence-electron chi connectivity index (χ4n) is 1.70. The Kier molecular flexibility index (Phi) is 5.14. The van der Waals surface area contributed by atoms with Gasteiger partial charge in [0, 0.05) is 17.4 Å². The van der Waals surface area contributed by atoms with Crippen molar-refractivity contribution in [2.24, 2.45) is 0 Å². The van der Waals surface area contributed by atoms with Crippen LogP contribution in [0.2, 0.25) is 0 Å². The number of benzene rings is 1. The van der Waals surface area contributed by atoms with Crippen LogP contribution < -0.4 is 10.1 Å². The summed E-state index contributed by atoms with van der Waals surface area (Å²) in [4.78, 5) is 16.0. The second kappa shape index (κ2) is 6.85. The zero-order valence-corrected chi connectivity index (χ0v) is 13.7. The van der Waals surface area contributed by atoms with Crippen molar-refractivity contribution in [2.45, 2.75) is 19.8 Å². The number of ether oxygens (including phenoxy) is 1. The fraction of sp³-hybridized carbons (Fsp3) is 0.286. The molecule has 2 rings (SSSR count). The Labute approximate surface area is 130 Å². The maximum absolute atomic E-state index is 11.5. The highest BCUT2D eigenvalue weighted by molar-refractivity contribution is 9.10. The van der Waals surface area contributed by atoms with Crippen molar-refractivity contribution in [1.82, 2.24) is 4.98 Å². The van der Waals surface area contributed by atoms with E-state index in [1.807, 2.05) is 30.5 Å². The smallest absolute Gasteiger partial charge is 0.226 e. The fourth-order valence-corrected chi connectivity index (χ4v) is 2.97. The quantitative estimate of drug-likeness (QED) is 0.869. The van der Waals surface area contributed by atoms with Gasteiger partial charge in [0.1, 0.15) is 5.75 Å². The summed E-state index contributed by atoms with van der Waals surface area (Å²) in [5.74, 6) is 0.782. The maximum atomic E-state index is 11.5. The molecule has 0 atom stereocenters. The minimum Gasteiger partial charge on any atom is -0.496 e. The monoisotopic (exact) mass is 354 g/mol. The first-order valence-electron chi connectivity index (χ1n) is 6.23. The normalized spacial score (nSPS) is 10.3. The number of rotatable bonds is 5. The molecule has 0 saturated carbocycles. The number of hydrogen-bond acceptors (Lipinski definition) is 4. The number of carbonyl (C=O) groups is 1. The third-order valence-corrected chi connectivity index (χ3v) is 4.05. The average Bonchev–Trinajstić information content (AvgIpc) is 2.87. The van der Waals surface area contributed by atoms with Crippen LogP contribution in [0.1, 0.15) is 19.8 Å². The second-order valence-corrected chi connectivity index (χ2v) is 5.90. The molecule has 0 aliphatic rings. The summed E-state index contributed by atoms with van der Waals surface area (Å²) in [5.41, 5.74) is 1.81. The predicted molar refractivity (Wildman–Crippen MR) is 85.3 cm³/mol. The first-order chi connectivity index (χ1) is 9.63. The number of amides is 1. The summed E-state index contributed by atoms with van der Waals surface area (Å²) in [6.45, 7) is 1.97. The minimum absolute atomic E-state index is 0.00399. The molecule has 0 saturated heterocycles. The SMILES string of the molecule is CCCC(=O)Nc1nc(-c2ccc(OC)c(Br)c2)cs1. The molecule has 0 radical (unpaired) electrons. The molecule has 2 aromatic rings. The number of carbonyl (C=O) groups excluding carboxylic acids is 1. The first-order valence-corrected chi connectivity index (χ1v) is 7.90. The van der Waals surface area contributed by atoms with Gasteiger partial charge in [-0.2, -0.15) is 0 Å². The second-order valence-electron chi connectivity index (χ2n) is 4.19. The number of nitrogens with zero attached hydrogens (tertiary/aromatic N) is 1. The van der Waals surface area contributed by atoms with Crippen molar-refractivity contribution in [3.63, 3.8) is 0 Å². The van der Waals surface area contributed by atoms with Gasteiger partial charge in [0.05, 0.1) is 17.3 Å². The summed E-state index contributed by atoms with van der Waals surface area (Å²) in [6, 6.07) is 5.77. The van der Waals surface area contributed by atoms with E-state index >= 15 is 0 Å². The molecule has 1 aromatic heterocycles. The Hall–Kier alpha value is -1.40. The molecule has 1 amide bonds. The van der Waals surface area contributed by atoms with Crippen LogP contribution in [0.15, 0.2) is 28.1 Å². The number of anilines is 1. The lowest BCUT2D eigenvalue weighted by Crippen LogP contribution is -2.10. The van der Waals surface area contributed by atoms with E-state index in [1.165, 1.54) is 11.3 Å². The van der Waals surface area contributed by atoms with Gasteiger partial charge in [-0.3, -0.25) is 4.79 Å². The molecule has 0 fully saturated rings. The number of hydrogen-bond donors (Lipinski definition) is 1. The Morgan fingerprint density at radius 2 is 2.30 bits per heavy atom. The number of halogens is 1. The van der Waals surface area contributed by atoms with Crippen LogP contribution in [0.4, 0.5) is 5.13 Å². The van der Waals surface area contributed by atoms with Gasteiger partial charge in [-0.25, -0.2) is 4.98 Å². The van der Waals surface area contributed by atoms with Crippen LogP contribution >= 0.6 is 27.3 Å². The third-order valence-electron chi connectivity index (χ3n) is 2.68. The van der Waals surface area contributed by atoms with E-state index < -0.39 is 0 Å². The van der Waals surface area contributed by atoms with Crippen LogP contribution in [0.3, 0.4) is 0 Å². The molecule has 0 bridgehead atoms. The Morgan fingerprint density at radius 1 is 1.50 bits per heavy atom. The van der Waals surface area contributed by atoms with Gasteiger partial charge in [-0.1, -0.05) is 6.92 Å². The van der Waals surface area contributed by atoms with Crippen molar-refractivity contribution in [3.05, 3.63) is 28.1 Å². The molecule has 4 nitrogen and oxygen atoms in total. The van der Waals surface area contributed by atoms with Gasteiger partial charge in [0.2, 0.25) is 5.91 Å². The van der Waals surface area contributed by atoms with Crippen LogP contribution in [0.25, 0.3) is 11.3 Å². The van der Waals surface area contributed by atoms with Crippen molar-refractivity contribution in [3.8, 4) is 17.0 Å². The van der Waals surface area contributed by atoms with Gasteiger partial charge in [0.25, 0.3) is 0 Å². The van der Waals surface area contributed by atoms with Gasteiger partial charge in [-0.15, -0.1) is 11.3 Å². The highest BCUT2D eigenvalue weighted by Gasteiger charge is 2.09.